The number of hydrogen-bond donors (Lipinski definition) is 1. The Kier molecular flexibility index (Phi) is 4.22. The smallest absolute Gasteiger partial charge is 0.407 e. The summed E-state index contributed by atoms with van der Waals surface area (Å²) in [6.45, 7) is 5.64. The zero-order valence-corrected chi connectivity index (χ0v) is 9.94. The Morgan fingerprint density at radius 2 is 1.87 bits per heavy atom. The summed E-state index contributed by atoms with van der Waals surface area (Å²) >= 11 is 0. The van der Waals surface area contributed by atoms with E-state index in [0.29, 0.717) is 6.61 Å². The van der Waals surface area contributed by atoms with E-state index < -0.39 is 0 Å². The second kappa shape index (κ2) is 5.03. The maximum atomic E-state index is 11.3. The van der Waals surface area contributed by atoms with Crippen LogP contribution in [-0.4, -0.2) is 42.8 Å². The van der Waals surface area contributed by atoms with E-state index in [1.165, 1.54) is 0 Å². The van der Waals surface area contributed by atoms with Crippen molar-refractivity contribution < 1.29 is 9.53 Å². The largest absolute Gasteiger partial charge is 0.450 e. The number of ether oxygens (including phenoxy) is 1. The van der Waals surface area contributed by atoms with Gasteiger partial charge in [0.05, 0.1) is 6.61 Å². The second-order valence-corrected chi connectivity index (χ2v) is 4.22. The lowest BCUT2D eigenvalue weighted by Crippen LogP contribution is -2.61. The first kappa shape index (κ1) is 12.6. The van der Waals surface area contributed by atoms with Crippen molar-refractivity contribution in [3.05, 3.63) is 0 Å². The molecule has 1 amide bonds. The zero-order chi connectivity index (χ0) is 10.0. The van der Waals surface area contributed by atoms with Crippen molar-refractivity contribution >= 4 is 18.5 Å². The number of rotatable bonds is 2. The normalized spacial score (nSPS) is 33.0. The molecule has 0 aromatic carbocycles. The van der Waals surface area contributed by atoms with Crippen LogP contribution in [0.3, 0.4) is 0 Å². The molecule has 2 bridgehead atoms. The Labute approximate surface area is 96.7 Å². The van der Waals surface area contributed by atoms with E-state index in [0.717, 1.165) is 38.9 Å². The van der Waals surface area contributed by atoms with E-state index in [4.69, 9.17) is 4.74 Å². The van der Waals surface area contributed by atoms with Gasteiger partial charge in [0.1, 0.15) is 0 Å². The fourth-order valence-electron chi connectivity index (χ4n) is 2.40. The van der Waals surface area contributed by atoms with E-state index in [1.807, 2.05) is 6.92 Å². The van der Waals surface area contributed by atoms with Crippen molar-refractivity contribution in [3.8, 4) is 0 Å². The Morgan fingerprint density at radius 3 is 2.33 bits per heavy atom. The molecule has 3 aliphatic rings. The number of fused-ring (bicyclic) bond motifs is 3. The summed E-state index contributed by atoms with van der Waals surface area (Å²) in [6.07, 6.45) is 2.98. The second-order valence-electron chi connectivity index (χ2n) is 4.22. The topological polar surface area (TPSA) is 41.6 Å². The maximum Gasteiger partial charge on any atom is 0.407 e. The van der Waals surface area contributed by atoms with Crippen molar-refractivity contribution in [2.45, 2.75) is 31.7 Å². The van der Waals surface area contributed by atoms with Gasteiger partial charge in [-0.15, -0.1) is 12.4 Å². The van der Waals surface area contributed by atoms with Crippen LogP contribution >= 0.6 is 12.4 Å². The quantitative estimate of drug-likeness (QED) is 0.785. The molecule has 3 heterocycles. The predicted molar refractivity (Wildman–Crippen MR) is 60.4 cm³/mol. The summed E-state index contributed by atoms with van der Waals surface area (Å²) < 4.78 is 4.93. The molecule has 1 N–H and O–H groups in total. The van der Waals surface area contributed by atoms with E-state index in [1.54, 1.807) is 0 Å². The Hall–Kier alpha value is -0.480. The van der Waals surface area contributed by atoms with Crippen LogP contribution in [-0.2, 0) is 4.74 Å². The Balaban J connectivity index is 0.00000112. The average Bonchev–Trinajstić information content (AvgIpc) is 2.20. The number of nitrogens with zero attached hydrogens (tertiary/aromatic N) is 1. The molecule has 0 aromatic rings. The van der Waals surface area contributed by atoms with Gasteiger partial charge in [-0.2, -0.15) is 0 Å². The number of amides is 1. The van der Waals surface area contributed by atoms with Crippen molar-refractivity contribution in [3.63, 3.8) is 0 Å². The molecule has 0 radical (unpaired) electrons. The number of alkyl carbamates (subject to hydrolysis) is 1. The molecule has 5 heteroatoms. The molecule has 0 unspecified atom stereocenters. The van der Waals surface area contributed by atoms with Gasteiger partial charge in [-0.3, -0.25) is 0 Å². The van der Waals surface area contributed by atoms with Crippen LogP contribution in [0.2, 0.25) is 0 Å². The fraction of sp³-hybridized carbons (Fsp3) is 0.900. The summed E-state index contributed by atoms with van der Waals surface area (Å²) in [4.78, 5) is 13.8. The lowest BCUT2D eigenvalue weighted by atomic mass is 9.80. The summed E-state index contributed by atoms with van der Waals surface area (Å²) in [7, 11) is 0. The molecular weight excluding hydrogens is 216 g/mol. The highest BCUT2D eigenvalue weighted by Crippen LogP contribution is 2.31. The number of carbonyl (C=O) groups is 1. The average molecular weight is 235 g/mol. The zero-order valence-electron chi connectivity index (χ0n) is 9.12. The molecule has 3 fully saturated rings. The summed E-state index contributed by atoms with van der Waals surface area (Å²) in [6, 6.07) is 0. The van der Waals surface area contributed by atoms with Crippen molar-refractivity contribution in [2.75, 3.05) is 26.2 Å². The molecule has 0 saturated carbocycles. The standard InChI is InChI=1S/C10H18N2O2.ClH/c1-2-14-9(13)11-10-3-6-12(7-4-10)8-5-10;/h2-8H2,1H3,(H,11,13);1H. The molecule has 0 spiro atoms. The van der Waals surface area contributed by atoms with Crippen LogP contribution in [0.4, 0.5) is 4.79 Å². The molecule has 15 heavy (non-hydrogen) atoms. The Morgan fingerprint density at radius 1 is 1.33 bits per heavy atom. The van der Waals surface area contributed by atoms with Crippen molar-refractivity contribution in [2.24, 2.45) is 0 Å². The van der Waals surface area contributed by atoms with Crippen LogP contribution < -0.4 is 5.32 Å². The number of hydrogen-bond acceptors (Lipinski definition) is 3. The minimum Gasteiger partial charge on any atom is -0.450 e. The van der Waals surface area contributed by atoms with Gasteiger partial charge in [-0.1, -0.05) is 0 Å². The first-order chi connectivity index (χ1) is 6.74. The summed E-state index contributed by atoms with van der Waals surface area (Å²) in [5, 5.41) is 3.03. The predicted octanol–water partition coefficient (Wildman–Crippen LogP) is 1.39. The molecule has 4 nitrogen and oxygen atoms in total. The van der Waals surface area contributed by atoms with Crippen molar-refractivity contribution in [1.82, 2.24) is 10.2 Å². The summed E-state index contributed by atoms with van der Waals surface area (Å²) in [5.74, 6) is 0. The first-order valence-electron chi connectivity index (χ1n) is 5.41. The lowest BCUT2D eigenvalue weighted by Gasteiger charge is -2.48. The highest BCUT2D eigenvalue weighted by Gasteiger charge is 2.40. The fourth-order valence-corrected chi connectivity index (χ4v) is 2.40. The van der Waals surface area contributed by atoms with Crippen LogP contribution in [0.25, 0.3) is 0 Å². The van der Waals surface area contributed by atoms with Gasteiger partial charge in [-0.05, 0) is 26.2 Å². The van der Waals surface area contributed by atoms with Crippen molar-refractivity contribution in [1.29, 1.82) is 0 Å². The third kappa shape index (κ3) is 2.75. The van der Waals surface area contributed by atoms with Gasteiger partial charge >= 0.3 is 6.09 Å². The lowest BCUT2D eigenvalue weighted by molar-refractivity contribution is 0.0540. The number of nitrogens with one attached hydrogen (secondary N) is 1. The third-order valence-electron chi connectivity index (χ3n) is 3.36. The molecule has 3 saturated heterocycles. The molecule has 0 atom stereocenters. The molecule has 0 aromatic heterocycles. The molecule has 3 aliphatic heterocycles. The monoisotopic (exact) mass is 234 g/mol. The van der Waals surface area contributed by atoms with Crippen LogP contribution in [0.1, 0.15) is 26.2 Å². The minimum absolute atomic E-state index is 0. The van der Waals surface area contributed by atoms with E-state index in [9.17, 15) is 4.79 Å². The minimum atomic E-state index is -0.247. The first-order valence-corrected chi connectivity index (χ1v) is 5.41. The number of halogens is 1. The highest BCUT2D eigenvalue weighted by atomic mass is 35.5. The van der Waals surface area contributed by atoms with Gasteiger partial charge in [0.2, 0.25) is 0 Å². The van der Waals surface area contributed by atoms with Gasteiger partial charge in [0, 0.05) is 25.2 Å². The van der Waals surface area contributed by atoms with E-state index in [2.05, 4.69) is 10.2 Å². The van der Waals surface area contributed by atoms with Gasteiger partial charge in [0.15, 0.2) is 0 Å². The van der Waals surface area contributed by atoms with Gasteiger partial charge < -0.3 is 15.0 Å². The van der Waals surface area contributed by atoms with E-state index >= 15 is 0 Å². The third-order valence-corrected chi connectivity index (χ3v) is 3.36. The molecule has 3 rings (SSSR count). The highest BCUT2D eigenvalue weighted by molar-refractivity contribution is 5.85. The maximum absolute atomic E-state index is 11.3. The SMILES string of the molecule is CCOC(=O)NC12CCN(CC1)CC2.Cl. The van der Waals surface area contributed by atoms with Crippen LogP contribution in [0.5, 0.6) is 0 Å². The molecular formula is C10H19ClN2O2. The van der Waals surface area contributed by atoms with Crippen LogP contribution in [0, 0.1) is 0 Å². The number of carbonyl (C=O) groups excluding carboxylic acids is 1. The molecule has 88 valence electrons. The summed E-state index contributed by atoms with van der Waals surface area (Å²) in [5.41, 5.74) is 0.0427. The molecule has 0 aliphatic carbocycles. The van der Waals surface area contributed by atoms with Crippen LogP contribution in [0.15, 0.2) is 0 Å². The van der Waals surface area contributed by atoms with Gasteiger partial charge in [-0.25, -0.2) is 4.79 Å². The Bertz CT molecular complexity index is 214. The van der Waals surface area contributed by atoms with E-state index in [-0.39, 0.29) is 24.0 Å². The van der Waals surface area contributed by atoms with Gasteiger partial charge in [0.25, 0.3) is 0 Å². The number of piperidine rings is 3.